The topological polar surface area (TPSA) is 70.2 Å². The van der Waals surface area contributed by atoms with Crippen molar-refractivity contribution >= 4 is 28.8 Å². The molecule has 0 aromatic carbocycles. The van der Waals surface area contributed by atoms with E-state index in [1.54, 1.807) is 0 Å². The summed E-state index contributed by atoms with van der Waals surface area (Å²) < 4.78 is 0. The van der Waals surface area contributed by atoms with Crippen LogP contribution in [0.1, 0.15) is 0 Å². The molecule has 0 radical (unpaired) electrons. The van der Waals surface area contributed by atoms with E-state index in [1.807, 2.05) is 16.8 Å². The summed E-state index contributed by atoms with van der Waals surface area (Å²) in [6.45, 7) is 0.538. The third-order valence-corrected chi connectivity index (χ3v) is 2.80. The minimum Gasteiger partial charge on any atom is -0.353 e. The molecule has 80 valence electrons. The number of nitrogens with one attached hydrogen (secondary N) is 3. The molecule has 1 aliphatic rings. The molecule has 3 N–H and O–H groups in total. The molecule has 6 heteroatoms. The van der Waals surface area contributed by atoms with E-state index in [4.69, 9.17) is 0 Å². The van der Waals surface area contributed by atoms with Gasteiger partial charge in [-0.05, 0) is 11.4 Å². The predicted octanol–water partition coefficient (Wildman–Crippen LogP) is -0.225. The molecule has 1 aromatic heterocycles. The Bertz CT molecular complexity index is 353. The van der Waals surface area contributed by atoms with Gasteiger partial charge in [0, 0.05) is 11.9 Å². The first-order chi connectivity index (χ1) is 7.25. The quantitative estimate of drug-likeness (QED) is 0.651. The minimum absolute atomic E-state index is 0.0745. The Morgan fingerprint density at radius 2 is 2.47 bits per heavy atom. The maximum absolute atomic E-state index is 11.7. The van der Waals surface area contributed by atoms with Crippen LogP contribution in [-0.4, -0.2) is 30.9 Å². The van der Waals surface area contributed by atoms with Gasteiger partial charge >= 0.3 is 0 Å². The highest BCUT2D eigenvalue weighted by Crippen LogP contribution is 2.11. The maximum atomic E-state index is 11.7. The molecule has 0 spiro atoms. The number of piperazine rings is 1. The fraction of sp³-hybridized carbons (Fsp3) is 0.333. The molecular formula is C9H11N3O2S. The average Bonchev–Trinajstić information content (AvgIpc) is 2.71. The van der Waals surface area contributed by atoms with Gasteiger partial charge in [0.2, 0.25) is 11.8 Å². The van der Waals surface area contributed by atoms with Gasteiger partial charge in [0.15, 0.2) is 0 Å². The molecule has 15 heavy (non-hydrogen) atoms. The molecule has 1 aromatic rings. The number of hydrogen-bond donors (Lipinski definition) is 3. The van der Waals surface area contributed by atoms with Gasteiger partial charge in [-0.2, -0.15) is 11.3 Å². The van der Waals surface area contributed by atoms with Gasteiger partial charge < -0.3 is 10.6 Å². The zero-order valence-electron chi connectivity index (χ0n) is 7.95. The van der Waals surface area contributed by atoms with Crippen LogP contribution >= 0.6 is 11.3 Å². The van der Waals surface area contributed by atoms with Gasteiger partial charge in [0.1, 0.15) is 6.04 Å². The van der Waals surface area contributed by atoms with E-state index in [1.165, 1.54) is 11.3 Å². The van der Waals surface area contributed by atoms with E-state index in [2.05, 4.69) is 16.0 Å². The van der Waals surface area contributed by atoms with Crippen molar-refractivity contribution in [1.82, 2.24) is 10.6 Å². The number of carbonyl (C=O) groups is 2. The van der Waals surface area contributed by atoms with Crippen LogP contribution in [0.15, 0.2) is 16.8 Å². The first-order valence-corrected chi connectivity index (χ1v) is 5.53. The highest BCUT2D eigenvalue weighted by molar-refractivity contribution is 7.08. The number of hydrogen-bond acceptors (Lipinski definition) is 4. The van der Waals surface area contributed by atoms with Gasteiger partial charge in [-0.25, -0.2) is 0 Å². The van der Waals surface area contributed by atoms with Crippen molar-refractivity contribution in [1.29, 1.82) is 0 Å². The van der Waals surface area contributed by atoms with Crippen molar-refractivity contribution in [3.05, 3.63) is 16.8 Å². The summed E-state index contributed by atoms with van der Waals surface area (Å²) >= 11 is 1.52. The molecule has 2 amide bonds. The zero-order valence-corrected chi connectivity index (χ0v) is 8.76. The van der Waals surface area contributed by atoms with Gasteiger partial charge in [-0.1, -0.05) is 0 Å². The normalized spacial score (nSPS) is 20.8. The summed E-state index contributed by atoms with van der Waals surface area (Å²) in [5.41, 5.74) is 0.795. The molecule has 1 atom stereocenters. The molecule has 1 unspecified atom stereocenters. The molecule has 2 rings (SSSR count). The van der Waals surface area contributed by atoms with Crippen molar-refractivity contribution in [3.8, 4) is 0 Å². The largest absolute Gasteiger partial charge is 0.353 e. The second-order valence-corrected chi connectivity index (χ2v) is 4.02. The molecule has 1 fully saturated rings. The molecule has 0 aliphatic carbocycles. The number of carbonyl (C=O) groups excluding carboxylic acids is 2. The van der Waals surface area contributed by atoms with E-state index in [0.29, 0.717) is 6.54 Å². The molecule has 1 saturated heterocycles. The molecule has 5 nitrogen and oxygen atoms in total. The van der Waals surface area contributed by atoms with E-state index in [9.17, 15) is 9.59 Å². The van der Waals surface area contributed by atoms with Crippen LogP contribution in [0.3, 0.4) is 0 Å². The summed E-state index contributed by atoms with van der Waals surface area (Å²) in [7, 11) is 0. The standard InChI is InChI=1S/C9H11N3O2S/c13-8-4-10-7(3-11-8)9(14)12-6-1-2-15-5-6/h1-2,5,7,10H,3-4H2,(H,11,13)(H,12,14). The van der Waals surface area contributed by atoms with Crippen LogP contribution in [0, 0.1) is 0 Å². The minimum atomic E-state index is -0.345. The van der Waals surface area contributed by atoms with E-state index >= 15 is 0 Å². The maximum Gasteiger partial charge on any atom is 0.243 e. The Morgan fingerprint density at radius 3 is 3.07 bits per heavy atom. The summed E-state index contributed by atoms with van der Waals surface area (Å²) in [6, 6.07) is 1.49. The second-order valence-electron chi connectivity index (χ2n) is 3.24. The lowest BCUT2D eigenvalue weighted by atomic mass is 10.2. The Kier molecular flexibility index (Phi) is 2.98. The first kappa shape index (κ1) is 10.1. The zero-order chi connectivity index (χ0) is 10.7. The fourth-order valence-electron chi connectivity index (χ4n) is 1.32. The van der Waals surface area contributed by atoms with Crippen molar-refractivity contribution < 1.29 is 9.59 Å². The summed E-state index contributed by atoms with van der Waals surface area (Å²) in [6.07, 6.45) is 0. The monoisotopic (exact) mass is 225 g/mol. The van der Waals surface area contributed by atoms with E-state index in [-0.39, 0.29) is 24.4 Å². The lowest BCUT2D eigenvalue weighted by molar-refractivity contribution is -0.124. The molecular weight excluding hydrogens is 214 g/mol. The average molecular weight is 225 g/mol. The van der Waals surface area contributed by atoms with Crippen LogP contribution in [0.2, 0.25) is 0 Å². The summed E-state index contributed by atoms with van der Waals surface area (Å²) in [5, 5.41) is 12.0. The van der Waals surface area contributed by atoms with Gasteiger partial charge in [0.05, 0.1) is 12.2 Å². The van der Waals surface area contributed by atoms with Crippen molar-refractivity contribution in [2.75, 3.05) is 18.4 Å². The Hall–Kier alpha value is -1.40. The Balaban J connectivity index is 1.89. The molecule has 1 aliphatic heterocycles. The molecule has 0 bridgehead atoms. The molecule has 2 heterocycles. The number of thiophene rings is 1. The fourth-order valence-corrected chi connectivity index (χ4v) is 1.90. The second kappa shape index (κ2) is 4.41. The smallest absolute Gasteiger partial charge is 0.243 e. The van der Waals surface area contributed by atoms with Crippen molar-refractivity contribution in [2.24, 2.45) is 0 Å². The third-order valence-electron chi connectivity index (χ3n) is 2.12. The number of rotatable bonds is 2. The first-order valence-electron chi connectivity index (χ1n) is 4.59. The summed E-state index contributed by atoms with van der Waals surface area (Å²) in [4.78, 5) is 22.5. The lowest BCUT2D eigenvalue weighted by Crippen LogP contribution is -2.56. The van der Waals surface area contributed by atoms with Crippen LogP contribution in [-0.2, 0) is 9.59 Å². The highest BCUT2D eigenvalue weighted by Gasteiger charge is 2.23. The Labute approximate surface area is 90.9 Å². The lowest BCUT2D eigenvalue weighted by Gasteiger charge is -2.22. The Morgan fingerprint density at radius 1 is 1.60 bits per heavy atom. The van der Waals surface area contributed by atoms with Gasteiger partial charge in [-0.15, -0.1) is 0 Å². The van der Waals surface area contributed by atoms with Crippen molar-refractivity contribution in [3.63, 3.8) is 0 Å². The predicted molar refractivity (Wildman–Crippen MR) is 57.7 cm³/mol. The van der Waals surface area contributed by atoms with Crippen LogP contribution < -0.4 is 16.0 Å². The summed E-state index contributed by atoms with van der Waals surface area (Å²) in [5.74, 6) is -0.192. The van der Waals surface area contributed by atoms with Gasteiger partial charge in [-0.3, -0.25) is 14.9 Å². The highest BCUT2D eigenvalue weighted by atomic mass is 32.1. The third kappa shape index (κ3) is 2.54. The molecule has 0 saturated carbocycles. The van der Waals surface area contributed by atoms with Crippen LogP contribution in [0.5, 0.6) is 0 Å². The van der Waals surface area contributed by atoms with Crippen LogP contribution in [0.4, 0.5) is 5.69 Å². The van der Waals surface area contributed by atoms with Gasteiger partial charge in [0.25, 0.3) is 0 Å². The SMILES string of the molecule is O=C1CNC(C(=O)Nc2ccsc2)CN1. The van der Waals surface area contributed by atoms with E-state index < -0.39 is 0 Å². The van der Waals surface area contributed by atoms with Crippen LogP contribution in [0.25, 0.3) is 0 Å². The number of anilines is 1. The van der Waals surface area contributed by atoms with E-state index in [0.717, 1.165) is 5.69 Å². The number of amides is 2. The van der Waals surface area contributed by atoms with Crippen molar-refractivity contribution in [2.45, 2.75) is 6.04 Å².